The third-order valence-corrected chi connectivity index (χ3v) is 2.26. The van der Waals surface area contributed by atoms with Crippen LogP contribution in [0.4, 0.5) is 0 Å². The average molecular weight is 176 g/mol. The van der Waals surface area contributed by atoms with Crippen molar-refractivity contribution in [2.45, 2.75) is 12.8 Å². The number of carbonyl (C=O) groups is 1. The Morgan fingerprint density at radius 2 is 2.46 bits per heavy atom. The van der Waals surface area contributed by atoms with Crippen LogP contribution in [0.3, 0.4) is 0 Å². The van der Waals surface area contributed by atoms with E-state index in [1.807, 2.05) is 19.2 Å². The van der Waals surface area contributed by atoms with Gasteiger partial charge in [0, 0.05) is 19.2 Å². The molecule has 1 aliphatic carbocycles. The van der Waals surface area contributed by atoms with Crippen molar-refractivity contribution in [1.82, 2.24) is 9.78 Å². The van der Waals surface area contributed by atoms with Crippen molar-refractivity contribution >= 4 is 11.9 Å². The van der Waals surface area contributed by atoms with Gasteiger partial charge >= 0.3 is 0 Å². The van der Waals surface area contributed by atoms with E-state index in [0.29, 0.717) is 5.92 Å². The number of rotatable bonds is 3. The summed E-state index contributed by atoms with van der Waals surface area (Å²) in [7, 11) is 1.86. The lowest BCUT2D eigenvalue weighted by Crippen LogP contribution is -1.96. The van der Waals surface area contributed by atoms with E-state index in [1.165, 1.54) is 0 Å². The molecule has 0 aromatic carbocycles. The van der Waals surface area contributed by atoms with Gasteiger partial charge in [-0.2, -0.15) is 5.10 Å². The summed E-state index contributed by atoms with van der Waals surface area (Å²) < 4.78 is 1.75. The van der Waals surface area contributed by atoms with Crippen LogP contribution < -0.4 is 0 Å². The van der Waals surface area contributed by atoms with Gasteiger partial charge in [0.1, 0.15) is 0 Å². The number of hydrogen-bond donors (Lipinski definition) is 0. The normalized spacial score (nSPS) is 16.7. The maximum absolute atomic E-state index is 11.3. The molecule has 0 bridgehead atoms. The van der Waals surface area contributed by atoms with E-state index in [2.05, 4.69) is 5.10 Å². The van der Waals surface area contributed by atoms with E-state index >= 15 is 0 Å². The summed E-state index contributed by atoms with van der Waals surface area (Å²) in [6, 6.07) is 1.89. The molecule has 0 N–H and O–H groups in total. The largest absolute Gasteiger partial charge is 0.295 e. The van der Waals surface area contributed by atoms with Gasteiger partial charge in [-0.15, -0.1) is 0 Å². The minimum atomic E-state index is 0.251. The van der Waals surface area contributed by atoms with Gasteiger partial charge in [0.15, 0.2) is 5.78 Å². The topological polar surface area (TPSA) is 34.9 Å². The molecule has 0 atom stereocenters. The third kappa shape index (κ3) is 1.86. The molecule has 68 valence electrons. The predicted molar refractivity (Wildman–Crippen MR) is 50.0 cm³/mol. The van der Waals surface area contributed by atoms with Gasteiger partial charge < -0.3 is 0 Å². The highest BCUT2D eigenvalue weighted by Gasteiger charge is 2.27. The van der Waals surface area contributed by atoms with Crippen molar-refractivity contribution in [2.24, 2.45) is 13.0 Å². The molecular weight excluding hydrogens is 164 g/mol. The van der Waals surface area contributed by atoms with Crippen LogP contribution in [0.1, 0.15) is 18.5 Å². The second kappa shape index (κ2) is 3.17. The lowest BCUT2D eigenvalue weighted by molar-refractivity contribution is -0.115. The van der Waals surface area contributed by atoms with E-state index in [9.17, 15) is 4.79 Å². The Balaban J connectivity index is 2.04. The van der Waals surface area contributed by atoms with Gasteiger partial charge in [-0.25, -0.2) is 0 Å². The summed E-state index contributed by atoms with van der Waals surface area (Å²) in [6.45, 7) is 0. The quantitative estimate of drug-likeness (QED) is 0.653. The Labute approximate surface area is 77.1 Å². The second-order valence-corrected chi connectivity index (χ2v) is 3.39. The first-order valence-electron chi connectivity index (χ1n) is 4.47. The third-order valence-electron chi connectivity index (χ3n) is 2.26. The van der Waals surface area contributed by atoms with E-state index < -0.39 is 0 Å². The zero-order valence-electron chi connectivity index (χ0n) is 7.60. The second-order valence-electron chi connectivity index (χ2n) is 3.39. The van der Waals surface area contributed by atoms with Crippen LogP contribution in [-0.4, -0.2) is 15.6 Å². The lowest BCUT2D eigenvalue weighted by Gasteiger charge is -1.92. The molecule has 1 aromatic rings. The number of ketones is 1. The Morgan fingerprint density at radius 1 is 1.69 bits per heavy atom. The summed E-state index contributed by atoms with van der Waals surface area (Å²) in [5.41, 5.74) is 0.967. The average Bonchev–Trinajstić information content (AvgIpc) is 2.88. The Kier molecular flexibility index (Phi) is 2.00. The molecule has 2 rings (SSSR count). The number of aryl methyl sites for hydroxylation is 1. The van der Waals surface area contributed by atoms with Crippen LogP contribution in [0.2, 0.25) is 0 Å². The van der Waals surface area contributed by atoms with E-state index in [-0.39, 0.29) is 5.78 Å². The first-order chi connectivity index (χ1) is 6.27. The zero-order valence-corrected chi connectivity index (χ0v) is 7.60. The maximum Gasteiger partial charge on any atom is 0.158 e. The van der Waals surface area contributed by atoms with Crippen molar-refractivity contribution in [3.63, 3.8) is 0 Å². The molecule has 3 heteroatoms. The minimum absolute atomic E-state index is 0.251. The molecule has 1 heterocycles. The number of nitrogens with zero attached hydrogens (tertiary/aromatic N) is 2. The number of aromatic nitrogens is 2. The van der Waals surface area contributed by atoms with Gasteiger partial charge in [-0.1, -0.05) is 0 Å². The zero-order chi connectivity index (χ0) is 9.26. The fourth-order valence-electron chi connectivity index (χ4n) is 1.22. The molecule has 0 saturated heterocycles. The summed E-state index contributed by atoms with van der Waals surface area (Å²) in [4.78, 5) is 11.3. The molecule has 3 nitrogen and oxygen atoms in total. The van der Waals surface area contributed by atoms with Crippen LogP contribution >= 0.6 is 0 Å². The molecule has 1 aromatic heterocycles. The van der Waals surface area contributed by atoms with E-state index in [1.54, 1.807) is 17.0 Å². The molecule has 13 heavy (non-hydrogen) atoms. The highest BCUT2D eigenvalue weighted by molar-refractivity contribution is 5.96. The van der Waals surface area contributed by atoms with Gasteiger partial charge in [0.05, 0.1) is 5.69 Å². The van der Waals surface area contributed by atoms with Crippen LogP contribution in [0.5, 0.6) is 0 Å². The summed E-state index contributed by atoms with van der Waals surface area (Å²) in [5.74, 6) is 0.561. The molecule has 1 aliphatic rings. The van der Waals surface area contributed by atoms with Gasteiger partial charge in [-0.3, -0.25) is 9.48 Å². The van der Waals surface area contributed by atoms with Crippen LogP contribution in [-0.2, 0) is 11.8 Å². The highest BCUT2D eigenvalue weighted by atomic mass is 16.1. The summed E-state index contributed by atoms with van der Waals surface area (Å²) in [5, 5.41) is 4.01. The van der Waals surface area contributed by atoms with E-state index in [4.69, 9.17) is 0 Å². The fraction of sp³-hybridized carbons (Fsp3) is 0.400. The highest BCUT2D eigenvalue weighted by Crippen LogP contribution is 2.30. The molecule has 1 saturated carbocycles. The number of hydrogen-bond acceptors (Lipinski definition) is 2. The summed E-state index contributed by atoms with van der Waals surface area (Å²) >= 11 is 0. The smallest absolute Gasteiger partial charge is 0.158 e. The van der Waals surface area contributed by atoms with E-state index in [0.717, 1.165) is 18.5 Å². The molecule has 1 fully saturated rings. The molecule has 0 radical (unpaired) electrons. The molecule has 0 unspecified atom stereocenters. The minimum Gasteiger partial charge on any atom is -0.295 e. The molecule has 0 aliphatic heterocycles. The van der Waals surface area contributed by atoms with Crippen molar-refractivity contribution in [2.75, 3.05) is 0 Å². The molecular formula is C10H12N2O. The number of allylic oxidation sites excluding steroid dienone is 1. The van der Waals surface area contributed by atoms with Gasteiger partial charge in [0.25, 0.3) is 0 Å². The van der Waals surface area contributed by atoms with Crippen molar-refractivity contribution in [1.29, 1.82) is 0 Å². The first-order valence-corrected chi connectivity index (χ1v) is 4.47. The van der Waals surface area contributed by atoms with Gasteiger partial charge in [-0.05, 0) is 31.1 Å². The Morgan fingerprint density at radius 3 is 3.00 bits per heavy atom. The standard InChI is InChI=1S/C10H12N2O/c1-12-9(6-7-11-12)4-5-10(13)8-2-3-8/h4-8H,2-3H2,1H3/b5-4+. The van der Waals surface area contributed by atoms with Crippen molar-refractivity contribution in [3.05, 3.63) is 24.0 Å². The summed E-state index contributed by atoms with van der Waals surface area (Å²) in [6.07, 6.45) is 7.34. The molecule has 0 spiro atoms. The predicted octanol–water partition coefficient (Wildman–Crippen LogP) is 1.41. The van der Waals surface area contributed by atoms with Crippen LogP contribution in [0.25, 0.3) is 6.08 Å². The van der Waals surface area contributed by atoms with Crippen molar-refractivity contribution in [3.8, 4) is 0 Å². The van der Waals surface area contributed by atoms with Crippen molar-refractivity contribution < 1.29 is 4.79 Å². The fourth-order valence-corrected chi connectivity index (χ4v) is 1.22. The Hall–Kier alpha value is -1.38. The maximum atomic E-state index is 11.3. The first kappa shape index (κ1) is 8.23. The van der Waals surface area contributed by atoms with Crippen LogP contribution in [0, 0.1) is 5.92 Å². The molecule has 0 amide bonds. The SMILES string of the molecule is Cn1nccc1/C=C/C(=O)C1CC1. The lowest BCUT2D eigenvalue weighted by atomic mass is 10.2. The monoisotopic (exact) mass is 176 g/mol. The van der Waals surface area contributed by atoms with Gasteiger partial charge in [0.2, 0.25) is 0 Å². The Bertz CT molecular complexity index is 348. The van der Waals surface area contributed by atoms with Crippen LogP contribution in [0.15, 0.2) is 18.3 Å². The number of carbonyl (C=O) groups excluding carboxylic acids is 1.